The average molecular weight is 204 g/mol. The number of fused-ring (bicyclic) bond motifs is 1. The first-order valence-corrected chi connectivity index (χ1v) is 5.33. The van der Waals surface area contributed by atoms with Gasteiger partial charge in [-0.1, -0.05) is 20.8 Å². The molecule has 1 unspecified atom stereocenters. The van der Waals surface area contributed by atoms with E-state index in [4.69, 9.17) is 0 Å². The average Bonchev–Trinajstić information content (AvgIpc) is 2.18. The molecule has 0 aromatic carbocycles. The maximum Gasteiger partial charge on any atom is 0.137 e. The predicted octanol–water partition coefficient (Wildman–Crippen LogP) is 2.45. The molecule has 0 fully saturated rings. The Hall–Kier alpha value is -1.38. The molecule has 0 spiro atoms. The fourth-order valence-electron chi connectivity index (χ4n) is 1.87. The summed E-state index contributed by atoms with van der Waals surface area (Å²) in [4.78, 5) is 8.72. The van der Waals surface area contributed by atoms with Gasteiger partial charge in [-0.25, -0.2) is 4.98 Å². The van der Waals surface area contributed by atoms with Crippen molar-refractivity contribution >= 4 is 6.21 Å². The first-order chi connectivity index (χ1) is 7.09. The number of hydrogen-bond acceptors (Lipinski definition) is 3. The molecule has 0 saturated heterocycles. The SMILES string of the molecule is CC(C)c1nc2c(cc1O)C(C)CN=C2. The Morgan fingerprint density at radius 3 is 2.87 bits per heavy atom. The Kier molecular flexibility index (Phi) is 2.47. The van der Waals surface area contributed by atoms with Crippen LogP contribution in [-0.2, 0) is 0 Å². The zero-order chi connectivity index (χ0) is 11.0. The Bertz CT molecular complexity index is 410. The summed E-state index contributed by atoms with van der Waals surface area (Å²) in [7, 11) is 0. The van der Waals surface area contributed by atoms with E-state index < -0.39 is 0 Å². The number of aromatic hydroxyl groups is 1. The van der Waals surface area contributed by atoms with Gasteiger partial charge in [-0.05, 0) is 17.5 Å². The number of rotatable bonds is 1. The van der Waals surface area contributed by atoms with Crippen molar-refractivity contribution < 1.29 is 5.11 Å². The summed E-state index contributed by atoms with van der Waals surface area (Å²) in [6, 6.07) is 1.84. The third kappa shape index (κ3) is 1.74. The van der Waals surface area contributed by atoms with Gasteiger partial charge in [-0.2, -0.15) is 0 Å². The minimum absolute atomic E-state index is 0.237. The van der Waals surface area contributed by atoms with Crippen molar-refractivity contribution in [3.05, 3.63) is 23.0 Å². The third-order valence-corrected chi connectivity index (χ3v) is 2.76. The number of aromatic nitrogens is 1. The zero-order valence-electron chi connectivity index (χ0n) is 9.36. The van der Waals surface area contributed by atoms with Crippen LogP contribution < -0.4 is 0 Å². The highest BCUT2D eigenvalue weighted by molar-refractivity contribution is 5.81. The van der Waals surface area contributed by atoms with E-state index in [1.165, 1.54) is 0 Å². The second kappa shape index (κ2) is 3.65. The van der Waals surface area contributed by atoms with Crippen LogP contribution in [0.4, 0.5) is 0 Å². The lowest BCUT2D eigenvalue weighted by Gasteiger charge is -2.19. The van der Waals surface area contributed by atoms with Gasteiger partial charge in [0.05, 0.1) is 11.4 Å². The molecule has 0 amide bonds. The molecule has 1 aliphatic rings. The second-order valence-electron chi connectivity index (χ2n) is 4.42. The van der Waals surface area contributed by atoms with Crippen molar-refractivity contribution in [2.24, 2.45) is 4.99 Å². The van der Waals surface area contributed by atoms with Gasteiger partial charge in [-0.3, -0.25) is 4.99 Å². The number of pyridine rings is 1. The quantitative estimate of drug-likeness (QED) is 0.763. The van der Waals surface area contributed by atoms with E-state index >= 15 is 0 Å². The van der Waals surface area contributed by atoms with E-state index in [0.29, 0.717) is 11.7 Å². The third-order valence-electron chi connectivity index (χ3n) is 2.76. The van der Waals surface area contributed by atoms with Crippen LogP contribution in [0.2, 0.25) is 0 Å². The molecular formula is C12H16N2O. The van der Waals surface area contributed by atoms with E-state index in [1.54, 1.807) is 6.21 Å². The van der Waals surface area contributed by atoms with Crippen LogP contribution in [0.3, 0.4) is 0 Å². The Balaban J connectivity index is 2.55. The predicted molar refractivity (Wildman–Crippen MR) is 60.9 cm³/mol. The Labute approximate surface area is 89.9 Å². The fraction of sp³-hybridized carbons (Fsp3) is 0.500. The molecule has 0 saturated carbocycles. The van der Waals surface area contributed by atoms with E-state index in [9.17, 15) is 5.11 Å². The molecule has 3 nitrogen and oxygen atoms in total. The molecule has 80 valence electrons. The highest BCUT2D eigenvalue weighted by atomic mass is 16.3. The standard InChI is InChI=1S/C12H16N2O/c1-7(2)12-11(15)4-9-8(3)5-13-6-10(9)14-12/h4,6-8,15H,5H2,1-3H3. The normalized spacial score (nSPS) is 19.3. The van der Waals surface area contributed by atoms with Gasteiger partial charge in [0, 0.05) is 18.7 Å². The molecule has 1 aromatic heterocycles. The van der Waals surface area contributed by atoms with Gasteiger partial charge in [-0.15, -0.1) is 0 Å². The smallest absolute Gasteiger partial charge is 0.137 e. The highest BCUT2D eigenvalue weighted by Gasteiger charge is 2.18. The van der Waals surface area contributed by atoms with Crippen molar-refractivity contribution in [2.45, 2.75) is 32.6 Å². The molecule has 1 N–H and O–H groups in total. The van der Waals surface area contributed by atoms with Gasteiger partial charge < -0.3 is 5.11 Å². The molecule has 0 aliphatic carbocycles. The van der Waals surface area contributed by atoms with Gasteiger partial charge >= 0.3 is 0 Å². The minimum atomic E-state index is 0.237. The van der Waals surface area contributed by atoms with E-state index in [-0.39, 0.29) is 5.92 Å². The van der Waals surface area contributed by atoms with Gasteiger partial charge in [0.25, 0.3) is 0 Å². The van der Waals surface area contributed by atoms with E-state index in [2.05, 4.69) is 16.9 Å². The summed E-state index contributed by atoms with van der Waals surface area (Å²) in [5.74, 6) is 0.899. The van der Waals surface area contributed by atoms with Crippen LogP contribution >= 0.6 is 0 Å². The summed E-state index contributed by atoms with van der Waals surface area (Å²) in [5.41, 5.74) is 2.77. The number of aliphatic imine (C=N–C) groups is 1. The molecule has 1 aliphatic heterocycles. The van der Waals surface area contributed by atoms with Gasteiger partial charge in [0.1, 0.15) is 5.75 Å². The van der Waals surface area contributed by atoms with Gasteiger partial charge in [0.15, 0.2) is 0 Å². The molecule has 1 atom stereocenters. The molecule has 2 heterocycles. The van der Waals surface area contributed by atoms with Crippen LogP contribution in [0.1, 0.15) is 49.6 Å². The maximum atomic E-state index is 9.85. The highest BCUT2D eigenvalue weighted by Crippen LogP contribution is 2.30. The van der Waals surface area contributed by atoms with Crippen molar-refractivity contribution in [1.29, 1.82) is 0 Å². The Morgan fingerprint density at radius 2 is 2.20 bits per heavy atom. The lowest BCUT2D eigenvalue weighted by Crippen LogP contribution is -2.11. The van der Waals surface area contributed by atoms with Crippen LogP contribution in [0.15, 0.2) is 11.1 Å². The summed E-state index contributed by atoms with van der Waals surface area (Å²) in [6.45, 7) is 6.94. The second-order valence-corrected chi connectivity index (χ2v) is 4.42. The van der Waals surface area contributed by atoms with Crippen LogP contribution in [-0.4, -0.2) is 22.8 Å². The largest absolute Gasteiger partial charge is 0.506 e. The van der Waals surface area contributed by atoms with Crippen molar-refractivity contribution in [3.63, 3.8) is 0 Å². The number of nitrogens with zero attached hydrogens (tertiary/aromatic N) is 2. The molecular weight excluding hydrogens is 188 g/mol. The molecule has 0 bridgehead atoms. The van der Waals surface area contributed by atoms with E-state index in [1.807, 2.05) is 19.9 Å². The minimum Gasteiger partial charge on any atom is -0.506 e. The summed E-state index contributed by atoms with van der Waals surface area (Å²) in [5, 5.41) is 9.85. The first-order valence-electron chi connectivity index (χ1n) is 5.33. The summed E-state index contributed by atoms with van der Waals surface area (Å²) in [6.07, 6.45) is 1.81. The fourth-order valence-corrected chi connectivity index (χ4v) is 1.87. The van der Waals surface area contributed by atoms with Crippen LogP contribution in [0.5, 0.6) is 5.75 Å². The molecule has 15 heavy (non-hydrogen) atoms. The van der Waals surface area contributed by atoms with Crippen molar-refractivity contribution in [1.82, 2.24) is 4.98 Å². The topological polar surface area (TPSA) is 45.5 Å². The zero-order valence-corrected chi connectivity index (χ0v) is 9.36. The monoisotopic (exact) mass is 204 g/mol. The lowest BCUT2D eigenvalue weighted by molar-refractivity contribution is 0.458. The van der Waals surface area contributed by atoms with E-state index in [0.717, 1.165) is 23.5 Å². The molecule has 3 heteroatoms. The summed E-state index contributed by atoms with van der Waals surface area (Å²) >= 11 is 0. The first kappa shape index (κ1) is 10.1. The molecule has 0 radical (unpaired) electrons. The van der Waals surface area contributed by atoms with Crippen molar-refractivity contribution in [3.8, 4) is 5.75 Å². The Morgan fingerprint density at radius 1 is 1.47 bits per heavy atom. The van der Waals surface area contributed by atoms with Crippen LogP contribution in [0, 0.1) is 0 Å². The number of hydrogen-bond donors (Lipinski definition) is 1. The summed E-state index contributed by atoms with van der Waals surface area (Å²) < 4.78 is 0. The maximum absolute atomic E-state index is 9.85. The lowest BCUT2D eigenvalue weighted by atomic mass is 9.95. The van der Waals surface area contributed by atoms with Gasteiger partial charge in [0.2, 0.25) is 0 Å². The molecule has 1 aromatic rings. The molecule has 2 rings (SSSR count). The van der Waals surface area contributed by atoms with Crippen LogP contribution in [0.25, 0.3) is 0 Å². The van der Waals surface area contributed by atoms with Crippen molar-refractivity contribution in [2.75, 3.05) is 6.54 Å².